The summed E-state index contributed by atoms with van der Waals surface area (Å²) in [7, 11) is 0. The van der Waals surface area contributed by atoms with Crippen molar-refractivity contribution in [3.8, 4) is 0 Å². The predicted molar refractivity (Wildman–Crippen MR) is 78.0 cm³/mol. The lowest BCUT2D eigenvalue weighted by Gasteiger charge is -2.35. The molecule has 1 aliphatic heterocycles. The Morgan fingerprint density at radius 1 is 1.28 bits per heavy atom. The fourth-order valence-electron chi connectivity index (χ4n) is 2.81. The maximum atomic E-state index is 5.75. The van der Waals surface area contributed by atoms with Crippen LogP contribution in [-0.2, 0) is 4.74 Å². The zero-order valence-corrected chi connectivity index (χ0v) is 12.8. The lowest BCUT2D eigenvalue weighted by molar-refractivity contribution is -0.0718. The first-order valence-corrected chi connectivity index (χ1v) is 7.64. The quantitative estimate of drug-likeness (QED) is 0.675. The Morgan fingerprint density at radius 2 is 2.00 bits per heavy atom. The average Bonchev–Trinajstić information content (AvgIpc) is 2.32. The summed E-state index contributed by atoms with van der Waals surface area (Å²) in [5.74, 6) is 0.794. The molecule has 18 heavy (non-hydrogen) atoms. The molecule has 1 heterocycles. The smallest absolute Gasteiger partial charge is 0.0629 e. The highest BCUT2D eigenvalue weighted by molar-refractivity contribution is 4.79. The molecular weight excluding hydrogens is 224 g/mol. The second kappa shape index (κ2) is 8.13. The molecule has 0 aliphatic carbocycles. The Labute approximate surface area is 113 Å². The summed E-state index contributed by atoms with van der Waals surface area (Å²) in [5, 5.41) is 3.61. The number of rotatable bonds is 8. The fraction of sp³-hybridized carbons (Fsp3) is 1.00. The molecule has 0 unspecified atom stereocenters. The molecular formula is C15H32N2O. The summed E-state index contributed by atoms with van der Waals surface area (Å²) in [6.45, 7) is 15.7. The summed E-state index contributed by atoms with van der Waals surface area (Å²) in [6.07, 6.45) is 3.66. The van der Waals surface area contributed by atoms with Crippen molar-refractivity contribution in [2.24, 2.45) is 5.92 Å². The van der Waals surface area contributed by atoms with Crippen molar-refractivity contribution in [3.63, 3.8) is 0 Å². The van der Waals surface area contributed by atoms with E-state index in [9.17, 15) is 0 Å². The molecule has 108 valence electrons. The van der Waals surface area contributed by atoms with Gasteiger partial charge in [-0.15, -0.1) is 0 Å². The standard InChI is InChI=1S/C15H32N2O/c1-5-17(6-2)10-7-9-16-13-14-8-11-18-15(3,4)12-14/h14,16H,5-13H2,1-4H3/t14-/m0/s1. The third-order valence-corrected chi connectivity index (χ3v) is 3.95. The van der Waals surface area contributed by atoms with Crippen LogP contribution < -0.4 is 5.32 Å². The Bertz CT molecular complexity index is 215. The zero-order chi connectivity index (χ0) is 13.4. The van der Waals surface area contributed by atoms with E-state index >= 15 is 0 Å². The minimum atomic E-state index is 0.0891. The lowest BCUT2D eigenvalue weighted by atomic mass is 9.88. The van der Waals surface area contributed by atoms with Gasteiger partial charge in [-0.3, -0.25) is 0 Å². The molecule has 0 bridgehead atoms. The van der Waals surface area contributed by atoms with Gasteiger partial charge in [0, 0.05) is 6.61 Å². The molecule has 0 aromatic carbocycles. The van der Waals surface area contributed by atoms with Crippen LogP contribution in [0.15, 0.2) is 0 Å². The van der Waals surface area contributed by atoms with E-state index in [0.717, 1.165) is 25.6 Å². The van der Waals surface area contributed by atoms with Crippen molar-refractivity contribution in [1.29, 1.82) is 0 Å². The molecule has 3 heteroatoms. The zero-order valence-electron chi connectivity index (χ0n) is 12.8. The minimum absolute atomic E-state index is 0.0891. The van der Waals surface area contributed by atoms with Crippen LogP contribution in [0.4, 0.5) is 0 Å². The monoisotopic (exact) mass is 256 g/mol. The normalized spacial score (nSPS) is 23.5. The van der Waals surface area contributed by atoms with Crippen LogP contribution in [0.25, 0.3) is 0 Å². The number of nitrogens with one attached hydrogen (secondary N) is 1. The molecule has 0 aromatic heterocycles. The van der Waals surface area contributed by atoms with E-state index in [-0.39, 0.29) is 5.60 Å². The van der Waals surface area contributed by atoms with Gasteiger partial charge in [-0.1, -0.05) is 13.8 Å². The van der Waals surface area contributed by atoms with Crippen LogP contribution >= 0.6 is 0 Å². The number of ether oxygens (including phenoxy) is 1. The number of hydrogen-bond acceptors (Lipinski definition) is 3. The van der Waals surface area contributed by atoms with E-state index in [4.69, 9.17) is 4.74 Å². The van der Waals surface area contributed by atoms with E-state index in [1.54, 1.807) is 0 Å². The second-order valence-corrected chi connectivity index (χ2v) is 6.05. The van der Waals surface area contributed by atoms with Gasteiger partial charge in [0.1, 0.15) is 0 Å². The van der Waals surface area contributed by atoms with Crippen molar-refractivity contribution >= 4 is 0 Å². The molecule has 0 aromatic rings. The summed E-state index contributed by atoms with van der Waals surface area (Å²) >= 11 is 0. The van der Waals surface area contributed by atoms with Crippen LogP contribution in [0.2, 0.25) is 0 Å². The van der Waals surface area contributed by atoms with Crippen LogP contribution in [0.5, 0.6) is 0 Å². The topological polar surface area (TPSA) is 24.5 Å². The molecule has 3 nitrogen and oxygen atoms in total. The number of hydrogen-bond donors (Lipinski definition) is 1. The van der Waals surface area contributed by atoms with Gasteiger partial charge in [0.15, 0.2) is 0 Å². The van der Waals surface area contributed by atoms with Crippen molar-refractivity contribution in [1.82, 2.24) is 10.2 Å². The summed E-state index contributed by atoms with van der Waals surface area (Å²) in [4.78, 5) is 2.49. The van der Waals surface area contributed by atoms with Crippen molar-refractivity contribution in [2.45, 2.75) is 52.6 Å². The molecule has 1 fully saturated rings. The summed E-state index contributed by atoms with van der Waals surface area (Å²) < 4.78 is 5.75. The first kappa shape index (κ1) is 15.9. The maximum Gasteiger partial charge on any atom is 0.0629 e. The molecule has 1 N–H and O–H groups in total. The van der Waals surface area contributed by atoms with Gasteiger partial charge in [0.2, 0.25) is 0 Å². The van der Waals surface area contributed by atoms with Crippen LogP contribution in [0.1, 0.15) is 47.0 Å². The molecule has 1 aliphatic rings. The highest BCUT2D eigenvalue weighted by Crippen LogP contribution is 2.27. The van der Waals surface area contributed by atoms with Crippen LogP contribution in [0.3, 0.4) is 0 Å². The highest BCUT2D eigenvalue weighted by Gasteiger charge is 2.28. The van der Waals surface area contributed by atoms with Crippen molar-refractivity contribution in [2.75, 3.05) is 39.3 Å². The average molecular weight is 256 g/mol. The highest BCUT2D eigenvalue weighted by atomic mass is 16.5. The lowest BCUT2D eigenvalue weighted by Crippen LogP contribution is -2.38. The van der Waals surface area contributed by atoms with E-state index in [1.165, 1.54) is 38.9 Å². The minimum Gasteiger partial charge on any atom is -0.376 e. The molecule has 0 radical (unpaired) electrons. The molecule has 1 atom stereocenters. The Hall–Kier alpha value is -0.120. The number of nitrogens with zero attached hydrogens (tertiary/aromatic N) is 1. The van der Waals surface area contributed by atoms with E-state index in [0.29, 0.717) is 0 Å². The van der Waals surface area contributed by atoms with E-state index < -0.39 is 0 Å². The van der Waals surface area contributed by atoms with E-state index in [2.05, 4.69) is 37.9 Å². The predicted octanol–water partition coefficient (Wildman–Crippen LogP) is 2.51. The van der Waals surface area contributed by atoms with Gasteiger partial charge < -0.3 is 15.0 Å². The van der Waals surface area contributed by atoms with Gasteiger partial charge in [0.05, 0.1) is 5.60 Å². The first-order valence-electron chi connectivity index (χ1n) is 7.64. The molecule has 0 saturated carbocycles. The van der Waals surface area contributed by atoms with Crippen LogP contribution in [-0.4, -0.2) is 49.8 Å². The van der Waals surface area contributed by atoms with Gasteiger partial charge >= 0.3 is 0 Å². The molecule has 0 spiro atoms. The summed E-state index contributed by atoms with van der Waals surface area (Å²) in [6, 6.07) is 0. The Kier molecular flexibility index (Phi) is 7.20. The largest absolute Gasteiger partial charge is 0.376 e. The summed E-state index contributed by atoms with van der Waals surface area (Å²) in [5.41, 5.74) is 0.0891. The maximum absolute atomic E-state index is 5.75. The molecule has 0 amide bonds. The van der Waals surface area contributed by atoms with Crippen LogP contribution in [0, 0.1) is 5.92 Å². The van der Waals surface area contributed by atoms with E-state index in [1.807, 2.05) is 0 Å². The molecule has 1 rings (SSSR count). The van der Waals surface area contributed by atoms with Crippen molar-refractivity contribution < 1.29 is 4.74 Å². The van der Waals surface area contributed by atoms with Crippen molar-refractivity contribution in [3.05, 3.63) is 0 Å². The van der Waals surface area contributed by atoms with Gasteiger partial charge in [-0.2, -0.15) is 0 Å². The first-order chi connectivity index (χ1) is 8.57. The molecule has 1 saturated heterocycles. The Balaban J connectivity index is 2.04. The van der Waals surface area contributed by atoms with Gasteiger partial charge in [-0.05, 0) is 71.8 Å². The van der Waals surface area contributed by atoms with Gasteiger partial charge in [0.25, 0.3) is 0 Å². The Morgan fingerprint density at radius 3 is 2.61 bits per heavy atom. The fourth-order valence-corrected chi connectivity index (χ4v) is 2.81. The third kappa shape index (κ3) is 6.17. The third-order valence-electron chi connectivity index (χ3n) is 3.95. The van der Waals surface area contributed by atoms with Gasteiger partial charge in [-0.25, -0.2) is 0 Å². The second-order valence-electron chi connectivity index (χ2n) is 6.05. The SMILES string of the molecule is CCN(CC)CCCNC[C@H]1CCOC(C)(C)C1.